The highest BCUT2D eigenvalue weighted by Gasteiger charge is 2.19. The number of nitrogens with one attached hydrogen (secondary N) is 1. The number of halogens is 1. The van der Waals surface area contributed by atoms with Gasteiger partial charge >= 0.3 is 0 Å². The van der Waals surface area contributed by atoms with Crippen molar-refractivity contribution in [2.45, 2.75) is 13.1 Å². The number of fused-ring (bicyclic) bond motifs is 1. The second kappa shape index (κ2) is 8.94. The van der Waals surface area contributed by atoms with Crippen LogP contribution in [0.3, 0.4) is 0 Å². The van der Waals surface area contributed by atoms with Crippen molar-refractivity contribution in [1.29, 1.82) is 0 Å². The Labute approximate surface area is 186 Å². The van der Waals surface area contributed by atoms with Crippen LogP contribution in [0.25, 0.3) is 10.9 Å². The van der Waals surface area contributed by atoms with Gasteiger partial charge in [-0.05, 0) is 49.5 Å². The number of aromatic amines is 1. The average Bonchev–Trinajstić information content (AvgIpc) is 3.07. The van der Waals surface area contributed by atoms with Gasteiger partial charge in [0.2, 0.25) is 0 Å². The summed E-state index contributed by atoms with van der Waals surface area (Å²) in [6, 6.07) is 21.6. The monoisotopic (exact) mass is 432 g/mol. The van der Waals surface area contributed by atoms with Crippen molar-refractivity contribution in [2.75, 3.05) is 14.1 Å². The standard InChI is InChI=1S/C25H25ClN4O/c1-30(2)15-17-5-10-20(11-6-17)28-24(18-7-3-16(14-27)4-8-18)23-21-12-9-19(26)13-22(21)29-25(23)31/h3-13,29,31H,14-15,27H2,1-2H3. The fourth-order valence-electron chi connectivity index (χ4n) is 3.63. The van der Waals surface area contributed by atoms with E-state index in [2.05, 4.69) is 22.0 Å². The highest BCUT2D eigenvalue weighted by Crippen LogP contribution is 2.33. The summed E-state index contributed by atoms with van der Waals surface area (Å²) in [5, 5.41) is 12.2. The molecule has 0 radical (unpaired) electrons. The lowest BCUT2D eigenvalue weighted by molar-refractivity contribution is 0.402. The highest BCUT2D eigenvalue weighted by molar-refractivity contribution is 6.31. The van der Waals surface area contributed by atoms with E-state index in [0.717, 1.165) is 34.3 Å². The lowest BCUT2D eigenvalue weighted by Gasteiger charge is -2.11. The van der Waals surface area contributed by atoms with E-state index in [1.807, 2.05) is 62.6 Å². The molecule has 3 aromatic carbocycles. The average molecular weight is 433 g/mol. The number of nitrogens with two attached hydrogens (primary N) is 1. The van der Waals surface area contributed by atoms with Crippen LogP contribution in [0.2, 0.25) is 5.02 Å². The van der Waals surface area contributed by atoms with Crippen LogP contribution < -0.4 is 5.73 Å². The molecule has 158 valence electrons. The van der Waals surface area contributed by atoms with E-state index >= 15 is 0 Å². The molecular weight excluding hydrogens is 408 g/mol. The van der Waals surface area contributed by atoms with E-state index in [1.165, 1.54) is 5.56 Å². The van der Waals surface area contributed by atoms with Crippen molar-refractivity contribution >= 4 is 33.9 Å². The van der Waals surface area contributed by atoms with Gasteiger partial charge in [-0.15, -0.1) is 0 Å². The molecule has 1 aromatic heterocycles. The van der Waals surface area contributed by atoms with Gasteiger partial charge in [0.1, 0.15) is 0 Å². The maximum atomic E-state index is 10.8. The topological polar surface area (TPSA) is 77.6 Å². The Balaban J connectivity index is 1.86. The van der Waals surface area contributed by atoms with E-state index in [4.69, 9.17) is 22.3 Å². The van der Waals surface area contributed by atoms with Gasteiger partial charge in [-0.25, -0.2) is 4.99 Å². The molecule has 6 heteroatoms. The minimum atomic E-state index is 0.0585. The Bertz CT molecular complexity index is 1230. The molecule has 0 bridgehead atoms. The van der Waals surface area contributed by atoms with Crippen molar-refractivity contribution in [3.63, 3.8) is 0 Å². The van der Waals surface area contributed by atoms with Crippen molar-refractivity contribution in [3.8, 4) is 5.88 Å². The summed E-state index contributed by atoms with van der Waals surface area (Å²) >= 11 is 6.14. The highest BCUT2D eigenvalue weighted by atomic mass is 35.5. The van der Waals surface area contributed by atoms with Gasteiger partial charge in [0.15, 0.2) is 5.88 Å². The maximum Gasteiger partial charge on any atom is 0.199 e. The zero-order valence-corrected chi connectivity index (χ0v) is 18.3. The fourth-order valence-corrected chi connectivity index (χ4v) is 3.80. The van der Waals surface area contributed by atoms with E-state index in [9.17, 15) is 5.11 Å². The summed E-state index contributed by atoms with van der Waals surface area (Å²) in [5.74, 6) is 0.0585. The van der Waals surface area contributed by atoms with Crippen LogP contribution in [0, 0.1) is 0 Å². The van der Waals surface area contributed by atoms with Gasteiger partial charge in [-0.3, -0.25) is 0 Å². The first kappa shape index (κ1) is 21.1. The Hall–Kier alpha value is -3.12. The number of nitrogens with zero attached hydrogens (tertiary/aromatic N) is 2. The third kappa shape index (κ3) is 4.64. The molecule has 0 amide bonds. The lowest BCUT2D eigenvalue weighted by atomic mass is 9.99. The molecule has 0 saturated carbocycles. The lowest BCUT2D eigenvalue weighted by Crippen LogP contribution is -2.10. The molecule has 1 heterocycles. The van der Waals surface area contributed by atoms with Crippen LogP contribution in [0.1, 0.15) is 22.3 Å². The van der Waals surface area contributed by atoms with Gasteiger partial charge in [0.25, 0.3) is 0 Å². The van der Waals surface area contributed by atoms with Crippen LogP contribution in [0.4, 0.5) is 5.69 Å². The first-order valence-corrected chi connectivity index (χ1v) is 10.4. The van der Waals surface area contributed by atoms with Crippen LogP contribution in [0.5, 0.6) is 5.88 Å². The molecule has 4 aromatic rings. The molecule has 0 aliphatic carbocycles. The predicted molar refractivity (Wildman–Crippen MR) is 128 cm³/mol. The molecular formula is C25H25ClN4O. The molecule has 0 spiro atoms. The zero-order chi connectivity index (χ0) is 22.0. The van der Waals surface area contributed by atoms with Gasteiger partial charge in [0.05, 0.1) is 22.5 Å². The molecule has 4 N–H and O–H groups in total. The number of aromatic nitrogens is 1. The molecule has 0 aliphatic rings. The number of rotatable bonds is 6. The summed E-state index contributed by atoms with van der Waals surface area (Å²) in [7, 11) is 4.09. The van der Waals surface area contributed by atoms with Crippen molar-refractivity contribution in [3.05, 3.63) is 94.0 Å². The summed E-state index contributed by atoms with van der Waals surface area (Å²) < 4.78 is 0. The Morgan fingerprint density at radius 1 is 1.00 bits per heavy atom. The first-order chi connectivity index (χ1) is 14.9. The number of benzene rings is 3. The van der Waals surface area contributed by atoms with Gasteiger partial charge in [-0.1, -0.05) is 54.1 Å². The SMILES string of the molecule is CN(C)Cc1ccc(N=C(c2ccc(CN)cc2)c2c(O)[nH]c3cc(Cl)ccc23)cc1. The van der Waals surface area contributed by atoms with E-state index < -0.39 is 0 Å². The summed E-state index contributed by atoms with van der Waals surface area (Å²) in [5.41, 5.74) is 11.8. The van der Waals surface area contributed by atoms with Gasteiger partial charge in [0, 0.05) is 29.1 Å². The molecule has 0 fully saturated rings. The molecule has 31 heavy (non-hydrogen) atoms. The summed E-state index contributed by atoms with van der Waals surface area (Å²) in [4.78, 5) is 10.1. The first-order valence-electron chi connectivity index (χ1n) is 10.1. The largest absolute Gasteiger partial charge is 0.494 e. The fraction of sp³-hybridized carbons (Fsp3) is 0.160. The zero-order valence-electron chi connectivity index (χ0n) is 17.6. The molecule has 0 unspecified atom stereocenters. The molecule has 5 nitrogen and oxygen atoms in total. The number of hydrogen-bond acceptors (Lipinski definition) is 4. The van der Waals surface area contributed by atoms with Crippen molar-refractivity contribution < 1.29 is 5.11 Å². The molecule has 0 aliphatic heterocycles. The van der Waals surface area contributed by atoms with E-state index in [0.29, 0.717) is 22.8 Å². The minimum absolute atomic E-state index is 0.0585. The third-order valence-electron chi connectivity index (χ3n) is 5.12. The van der Waals surface area contributed by atoms with E-state index in [1.54, 1.807) is 6.07 Å². The van der Waals surface area contributed by atoms with Crippen molar-refractivity contribution in [2.24, 2.45) is 10.7 Å². The van der Waals surface area contributed by atoms with Crippen LogP contribution >= 0.6 is 11.6 Å². The smallest absolute Gasteiger partial charge is 0.199 e. The minimum Gasteiger partial charge on any atom is -0.494 e. The number of H-pyrrole nitrogens is 1. The Kier molecular flexibility index (Phi) is 6.09. The normalized spacial score (nSPS) is 12.1. The second-order valence-corrected chi connectivity index (χ2v) is 8.24. The van der Waals surface area contributed by atoms with Crippen LogP contribution in [-0.2, 0) is 13.1 Å². The van der Waals surface area contributed by atoms with Gasteiger partial charge in [-0.2, -0.15) is 0 Å². The Morgan fingerprint density at radius 2 is 1.68 bits per heavy atom. The molecule has 4 rings (SSSR count). The number of aromatic hydroxyl groups is 1. The van der Waals surface area contributed by atoms with E-state index in [-0.39, 0.29) is 5.88 Å². The quantitative estimate of drug-likeness (QED) is 0.366. The summed E-state index contributed by atoms with van der Waals surface area (Å²) in [6.07, 6.45) is 0. The van der Waals surface area contributed by atoms with Crippen LogP contribution in [0.15, 0.2) is 71.7 Å². The van der Waals surface area contributed by atoms with Crippen molar-refractivity contribution in [1.82, 2.24) is 9.88 Å². The second-order valence-electron chi connectivity index (χ2n) is 7.80. The molecule has 0 saturated heterocycles. The third-order valence-corrected chi connectivity index (χ3v) is 5.35. The number of hydrogen-bond donors (Lipinski definition) is 3. The molecule has 0 atom stereocenters. The predicted octanol–water partition coefficient (Wildman–Crippen LogP) is 5.22. The Morgan fingerprint density at radius 3 is 2.32 bits per heavy atom. The maximum absolute atomic E-state index is 10.8. The van der Waals surface area contributed by atoms with Crippen LogP contribution in [-0.4, -0.2) is 34.8 Å². The number of aliphatic imine (C=N–C) groups is 1. The summed E-state index contributed by atoms with van der Waals surface area (Å²) in [6.45, 7) is 1.33. The van der Waals surface area contributed by atoms with Gasteiger partial charge < -0.3 is 20.7 Å².